The minimum Gasteiger partial charge on any atom is -0.490 e. The lowest BCUT2D eigenvalue weighted by molar-refractivity contribution is 0.398. The maximum Gasteiger partial charge on any atom is 0.235 e. The van der Waals surface area contributed by atoms with Crippen molar-refractivity contribution in [2.24, 2.45) is 0 Å². The third-order valence-electron chi connectivity index (χ3n) is 4.17. The first-order valence-corrected chi connectivity index (χ1v) is 8.39. The van der Waals surface area contributed by atoms with Gasteiger partial charge in [-0.1, -0.05) is 18.2 Å². The number of fused-ring (bicyclic) bond motifs is 1. The van der Waals surface area contributed by atoms with E-state index in [0.717, 1.165) is 5.75 Å². The summed E-state index contributed by atoms with van der Waals surface area (Å²) in [7, 11) is 1.45. The number of benzene rings is 3. The summed E-state index contributed by atoms with van der Waals surface area (Å²) in [5.74, 6) is 1.94. The number of nitrogen functional groups attached to an aromatic ring is 1. The minimum atomic E-state index is -0.259. The molecule has 2 N–H and O–H groups in total. The largest absolute Gasteiger partial charge is 0.490 e. The van der Waals surface area contributed by atoms with Crippen molar-refractivity contribution in [1.82, 2.24) is 0 Å². The minimum absolute atomic E-state index is 0.143. The number of para-hydroxylation sites is 1. The number of hydrogen-bond acceptors (Lipinski definition) is 5. The van der Waals surface area contributed by atoms with Crippen molar-refractivity contribution in [2.75, 3.05) is 12.8 Å². The maximum absolute atomic E-state index is 12.7. The van der Waals surface area contributed by atoms with Crippen molar-refractivity contribution in [1.29, 1.82) is 0 Å². The zero-order valence-corrected chi connectivity index (χ0v) is 14.6. The van der Waals surface area contributed by atoms with Crippen LogP contribution in [-0.4, -0.2) is 7.11 Å². The summed E-state index contributed by atoms with van der Waals surface area (Å²) >= 11 is 0. The summed E-state index contributed by atoms with van der Waals surface area (Å²) in [4.78, 5) is 12.7. The van der Waals surface area contributed by atoms with Gasteiger partial charge in [0.05, 0.1) is 12.5 Å². The Kier molecular flexibility index (Phi) is 4.26. The van der Waals surface area contributed by atoms with Crippen LogP contribution in [0.1, 0.15) is 0 Å². The van der Waals surface area contributed by atoms with Gasteiger partial charge in [0.15, 0.2) is 5.76 Å². The van der Waals surface area contributed by atoms with E-state index in [4.69, 9.17) is 19.6 Å². The van der Waals surface area contributed by atoms with Crippen LogP contribution in [-0.2, 0) is 0 Å². The standard InChI is InChI=1S/C22H17NO4/c1-25-22-20(24)18-13-15(23)9-12-19(18)27-21(22)14-7-10-17(11-8-14)26-16-5-3-2-4-6-16/h2-13H,23H2,1H3. The molecular weight excluding hydrogens is 342 g/mol. The number of methoxy groups -OCH3 is 1. The topological polar surface area (TPSA) is 74.7 Å². The molecule has 0 fully saturated rings. The molecule has 1 aromatic heterocycles. The molecule has 0 aliphatic rings. The Morgan fingerprint density at radius 3 is 2.30 bits per heavy atom. The van der Waals surface area contributed by atoms with Gasteiger partial charge < -0.3 is 19.6 Å². The van der Waals surface area contributed by atoms with E-state index in [2.05, 4.69) is 0 Å². The van der Waals surface area contributed by atoms with E-state index < -0.39 is 0 Å². The molecule has 0 aliphatic heterocycles. The van der Waals surface area contributed by atoms with Crippen LogP contribution in [0.25, 0.3) is 22.3 Å². The van der Waals surface area contributed by atoms with Crippen molar-refractivity contribution in [3.63, 3.8) is 0 Å². The first-order valence-electron chi connectivity index (χ1n) is 8.39. The first-order chi connectivity index (χ1) is 13.2. The Hall–Kier alpha value is -3.73. The highest BCUT2D eigenvalue weighted by Gasteiger charge is 2.17. The van der Waals surface area contributed by atoms with E-state index >= 15 is 0 Å². The van der Waals surface area contributed by atoms with Crippen molar-refractivity contribution < 1.29 is 13.9 Å². The predicted molar refractivity (Wildman–Crippen MR) is 105 cm³/mol. The molecule has 0 amide bonds. The van der Waals surface area contributed by atoms with Gasteiger partial charge in [0, 0.05) is 11.3 Å². The highest BCUT2D eigenvalue weighted by Crippen LogP contribution is 2.33. The van der Waals surface area contributed by atoms with Crippen molar-refractivity contribution in [3.8, 4) is 28.6 Å². The van der Waals surface area contributed by atoms with Gasteiger partial charge in [-0.05, 0) is 54.6 Å². The van der Waals surface area contributed by atoms with Crippen LogP contribution in [0.4, 0.5) is 5.69 Å². The quantitative estimate of drug-likeness (QED) is 0.528. The van der Waals surface area contributed by atoms with Crippen LogP contribution in [0.5, 0.6) is 17.2 Å². The normalized spacial score (nSPS) is 10.7. The molecule has 0 unspecified atom stereocenters. The molecule has 3 aromatic carbocycles. The van der Waals surface area contributed by atoms with Crippen LogP contribution in [0.2, 0.25) is 0 Å². The molecule has 0 spiro atoms. The Morgan fingerprint density at radius 2 is 1.59 bits per heavy atom. The van der Waals surface area contributed by atoms with Crippen LogP contribution in [0.3, 0.4) is 0 Å². The van der Waals surface area contributed by atoms with E-state index in [9.17, 15) is 4.79 Å². The van der Waals surface area contributed by atoms with Crippen LogP contribution in [0.15, 0.2) is 82.0 Å². The van der Waals surface area contributed by atoms with E-state index in [1.54, 1.807) is 18.2 Å². The molecule has 0 bridgehead atoms. The number of nitrogens with two attached hydrogens (primary N) is 1. The molecule has 5 nitrogen and oxygen atoms in total. The fraction of sp³-hybridized carbons (Fsp3) is 0.0455. The molecule has 5 heteroatoms. The maximum atomic E-state index is 12.7. The Labute approximate surface area is 155 Å². The molecule has 4 rings (SSSR count). The Balaban J connectivity index is 1.75. The predicted octanol–water partition coefficient (Wildman–Crippen LogP) is 4.84. The fourth-order valence-electron chi connectivity index (χ4n) is 2.87. The third-order valence-corrected chi connectivity index (χ3v) is 4.17. The second-order valence-corrected chi connectivity index (χ2v) is 5.99. The second-order valence-electron chi connectivity index (χ2n) is 5.99. The van der Waals surface area contributed by atoms with Crippen molar-refractivity contribution in [2.45, 2.75) is 0 Å². The molecule has 0 aliphatic carbocycles. The summed E-state index contributed by atoms with van der Waals surface area (Å²) in [6.45, 7) is 0. The SMILES string of the molecule is COc1c(-c2ccc(Oc3ccccc3)cc2)oc2ccc(N)cc2c1=O. The average molecular weight is 359 g/mol. The fourth-order valence-corrected chi connectivity index (χ4v) is 2.87. The van der Waals surface area contributed by atoms with Crippen LogP contribution in [0, 0.1) is 0 Å². The molecule has 4 aromatic rings. The third kappa shape index (κ3) is 3.22. The van der Waals surface area contributed by atoms with Gasteiger partial charge in [0.1, 0.15) is 17.1 Å². The molecule has 134 valence electrons. The lowest BCUT2D eigenvalue weighted by atomic mass is 10.1. The number of anilines is 1. The number of rotatable bonds is 4. The zero-order valence-electron chi connectivity index (χ0n) is 14.6. The number of ether oxygens (including phenoxy) is 2. The van der Waals surface area contributed by atoms with Crippen LogP contribution < -0.4 is 20.6 Å². The van der Waals surface area contributed by atoms with Crippen molar-refractivity contribution >= 4 is 16.7 Å². The van der Waals surface area contributed by atoms with Gasteiger partial charge in [-0.15, -0.1) is 0 Å². The molecular formula is C22H17NO4. The molecule has 0 radical (unpaired) electrons. The van der Waals surface area contributed by atoms with Gasteiger partial charge in [-0.25, -0.2) is 0 Å². The van der Waals surface area contributed by atoms with Gasteiger partial charge in [0.2, 0.25) is 11.2 Å². The summed E-state index contributed by atoms with van der Waals surface area (Å²) < 4.78 is 17.1. The smallest absolute Gasteiger partial charge is 0.235 e. The zero-order chi connectivity index (χ0) is 18.8. The van der Waals surface area contributed by atoms with Gasteiger partial charge >= 0.3 is 0 Å². The lowest BCUT2D eigenvalue weighted by Gasteiger charge is -2.10. The lowest BCUT2D eigenvalue weighted by Crippen LogP contribution is -2.08. The number of hydrogen-bond donors (Lipinski definition) is 1. The molecule has 0 saturated carbocycles. The second kappa shape index (κ2) is 6.88. The first kappa shape index (κ1) is 16.7. The van der Waals surface area contributed by atoms with E-state index in [0.29, 0.717) is 33.7 Å². The highest BCUT2D eigenvalue weighted by atomic mass is 16.5. The summed E-state index contributed by atoms with van der Waals surface area (Å²) in [6.07, 6.45) is 0. The van der Waals surface area contributed by atoms with Gasteiger partial charge in [0.25, 0.3) is 0 Å². The van der Waals surface area contributed by atoms with Crippen LogP contribution >= 0.6 is 0 Å². The van der Waals surface area contributed by atoms with Crippen molar-refractivity contribution in [3.05, 3.63) is 83.0 Å². The van der Waals surface area contributed by atoms with E-state index in [1.807, 2.05) is 54.6 Å². The summed E-state index contributed by atoms with van der Waals surface area (Å²) in [5.41, 5.74) is 7.18. The average Bonchev–Trinajstić information content (AvgIpc) is 2.70. The summed E-state index contributed by atoms with van der Waals surface area (Å²) in [6, 6.07) is 21.7. The Morgan fingerprint density at radius 1 is 0.889 bits per heavy atom. The van der Waals surface area contributed by atoms with E-state index in [-0.39, 0.29) is 11.2 Å². The van der Waals surface area contributed by atoms with Gasteiger partial charge in [-0.3, -0.25) is 4.79 Å². The molecule has 27 heavy (non-hydrogen) atoms. The Bertz CT molecular complexity index is 1150. The van der Waals surface area contributed by atoms with E-state index in [1.165, 1.54) is 7.11 Å². The molecule has 0 saturated heterocycles. The molecule has 0 atom stereocenters. The monoisotopic (exact) mass is 359 g/mol. The van der Waals surface area contributed by atoms with Gasteiger partial charge in [-0.2, -0.15) is 0 Å². The highest BCUT2D eigenvalue weighted by molar-refractivity contribution is 5.84. The summed E-state index contributed by atoms with van der Waals surface area (Å²) in [5, 5.41) is 0.389. The molecule has 1 heterocycles.